The topological polar surface area (TPSA) is 55.4 Å². The number of nitrogens with one attached hydrogen (secondary N) is 1. The Bertz CT molecular complexity index is 782. The van der Waals surface area contributed by atoms with Crippen molar-refractivity contribution < 1.29 is 27.5 Å². The van der Waals surface area contributed by atoms with E-state index in [0.29, 0.717) is 35.5 Å². The molecule has 1 atom stereocenters. The summed E-state index contributed by atoms with van der Waals surface area (Å²) in [5.74, 6) is 3.43. The van der Waals surface area contributed by atoms with Crippen molar-refractivity contribution in [2.45, 2.75) is 89.6 Å². The zero-order valence-electron chi connectivity index (χ0n) is 20.7. The van der Waals surface area contributed by atoms with Gasteiger partial charge in [0.1, 0.15) is 5.78 Å². The first-order chi connectivity index (χ1) is 16.6. The Morgan fingerprint density at radius 1 is 0.771 bits per heavy atom. The normalized spacial score (nSPS) is 44.0. The van der Waals surface area contributed by atoms with E-state index in [9.17, 15) is 22.8 Å². The summed E-state index contributed by atoms with van der Waals surface area (Å²) in [6.45, 7) is -0.993. The van der Waals surface area contributed by atoms with Crippen molar-refractivity contribution in [1.29, 1.82) is 0 Å². The number of rotatable bonds is 9. The van der Waals surface area contributed by atoms with Crippen molar-refractivity contribution in [1.82, 2.24) is 5.32 Å². The zero-order valence-corrected chi connectivity index (χ0v) is 20.7. The van der Waals surface area contributed by atoms with Crippen LogP contribution in [0, 0.1) is 52.3 Å². The molecule has 8 fully saturated rings. The molecular weight excluding hydrogens is 455 g/mol. The van der Waals surface area contributed by atoms with E-state index < -0.39 is 18.6 Å². The van der Waals surface area contributed by atoms with Gasteiger partial charge in [0.15, 0.2) is 0 Å². The van der Waals surface area contributed by atoms with Crippen LogP contribution in [0.4, 0.5) is 13.2 Å². The molecule has 0 saturated heterocycles. The Morgan fingerprint density at radius 2 is 1.20 bits per heavy atom. The lowest BCUT2D eigenvalue weighted by Crippen LogP contribution is -2.51. The minimum Gasteiger partial charge on any atom is -0.465 e. The number of hydrogen-bond donors (Lipinski definition) is 1. The van der Waals surface area contributed by atoms with Crippen molar-refractivity contribution in [3.63, 3.8) is 0 Å². The third-order valence-corrected chi connectivity index (χ3v) is 10.8. The fourth-order valence-corrected chi connectivity index (χ4v) is 10.2. The Morgan fingerprint density at radius 3 is 1.63 bits per heavy atom. The van der Waals surface area contributed by atoms with E-state index >= 15 is 0 Å². The number of halogens is 3. The quantitative estimate of drug-likeness (QED) is 0.418. The lowest BCUT2D eigenvalue weighted by atomic mass is 9.48. The van der Waals surface area contributed by atoms with Gasteiger partial charge in [0.05, 0.1) is 18.6 Å². The largest absolute Gasteiger partial charge is 0.465 e. The molecule has 8 aliphatic rings. The Labute approximate surface area is 206 Å². The molecule has 0 spiro atoms. The van der Waals surface area contributed by atoms with Crippen LogP contribution in [0.3, 0.4) is 0 Å². The van der Waals surface area contributed by atoms with Gasteiger partial charge in [-0.05, 0) is 113 Å². The van der Waals surface area contributed by atoms with Gasteiger partial charge in [0.25, 0.3) is 0 Å². The number of ketones is 1. The number of ether oxygens (including phenoxy) is 1. The second-order valence-corrected chi connectivity index (χ2v) is 13.7. The molecule has 0 aromatic rings. The highest BCUT2D eigenvalue weighted by molar-refractivity contribution is 5.85. The predicted molar refractivity (Wildman–Crippen MR) is 124 cm³/mol. The fraction of sp³-hybridized carbons (Fsp3) is 0.929. The molecular formula is C28H40F3NO3. The molecule has 196 valence electrons. The van der Waals surface area contributed by atoms with E-state index in [4.69, 9.17) is 4.74 Å². The molecule has 0 aliphatic heterocycles. The van der Waals surface area contributed by atoms with Crippen LogP contribution in [-0.2, 0) is 14.3 Å². The minimum atomic E-state index is -4.30. The van der Waals surface area contributed by atoms with Crippen molar-refractivity contribution in [2.24, 2.45) is 52.3 Å². The van der Waals surface area contributed by atoms with E-state index in [0.717, 1.165) is 38.5 Å². The van der Waals surface area contributed by atoms with E-state index in [2.05, 4.69) is 5.32 Å². The molecule has 0 heterocycles. The minimum absolute atomic E-state index is 0.0452. The molecule has 1 unspecified atom stereocenters. The third kappa shape index (κ3) is 4.80. The maximum atomic E-state index is 13.6. The van der Waals surface area contributed by atoms with Crippen LogP contribution in [0.1, 0.15) is 83.5 Å². The maximum Gasteiger partial charge on any atom is 0.401 e. The van der Waals surface area contributed by atoms with Crippen molar-refractivity contribution in [3.8, 4) is 0 Å². The van der Waals surface area contributed by atoms with Crippen molar-refractivity contribution in [2.75, 3.05) is 19.7 Å². The number of carbonyl (C=O) groups excluding carboxylic acids is 2. The molecule has 8 saturated carbocycles. The van der Waals surface area contributed by atoms with Gasteiger partial charge in [-0.25, -0.2) is 0 Å². The average molecular weight is 496 g/mol. The summed E-state index contributed by atoms with van der Waals surface area (Å²) in [6, 6.07) is 0. The first-order valence-electron chi connectivity index (χ1n) is 14.1. The molecule has 7 heteroatoms. The zero-order chi connectivity index (χ0) is 24.4. The first-order valence-corrected chi connectivity index (χ1v) is 14.1. The molecule has 0 aromatic carbocycles. The fourth-order valence-electron chi connectivity index (χ4n) is 10.2. The SMILES string of the molecule is O=C(CC(CNCC(F)(F)F)COC(=O)C12CC3CC(CC(C3)C1)C2)C12CC3CC(CC(C3)C1)C2. The summed E-state index contributed by atoms with van der Waals surface area (Å²) in [4.78, 5) is 27.0. The lowest BCUT2D eigenvalue weighted by molar-refractivity contribution is -0.173. The summed E-state index contributed by atoms with van der Waals surface area (Å²) in [7, 11) is 0. The van der Waals surface area contributed by atoms with Crippen LogP contribution in [0.25, 0.3) is 0 Å². The Kier molecular flexibility index (Phi) is 6.05. The van der Waals surface area contributed by atoms with Crippen LogP contribution < -0.4 is 5.32 Å². The van der Waals surface area contributed by atoms with Crippen LogP contribution in [0.5, 0.6) is 0 Å². The molecule has 8 aliphatic carbocycles. The van der Waals surface area contributed by atoms with Gasteiger partial charge in [-0.2, -0.15) is 13.2 Å². The second-order valence-electron chi connectivity index (χ2n) is 13.7. The molecule has 0 amide bonds. The molecule has 1 N–H and O–H groups in total. The highest BCUT2D eigenvalue weighted by atomic mass is 19.4. The van der Waals surface area contributed by atoms with Crippen LogP contribution in [0.15, 0.2) is 0 Å². The highest BCUT2D eigenvalue weighted by Crippen LogP contribution is 2.62. The smallest absolute Gasteiger partial charge is 0.401 e. The second kappa shape index (κ2) is 8.73. The van der Waals surface area contributed by atoms with E-state index in [1.165, 1.54) is 38.5 Å². The summed E-state index contributed by atoms with van der Waals surface area (Å²) in [5.41, 5.74) is -0.663. The van der Waals surface area contributed by atoms with Crippen molar-refractivity contribution >= 4 is 11.8 Å². The molecule has 8 rings (SSSR count). The summed E-state index contributed by atoms with van der Waals surface area (Å²) < 4.78 is 44.3. The summed E-state index contributed by atoms with van der Waals surface area (Å²) >= 11 is 0. The first kappa shape index (κ1) is 24.2. The number of Topliss-reactive ketones (excluding diaryl/α,β-unsaturated/α-hetero) is 1. The van der Waals surface area contributed by atoms with Gasteiger partial charge in [0.2, 0.25) is 0 Å². The standard InChI is InChI=1S/C28H40F3NO3/c29-28(30,31)16-32-14-23(7-24(33)26-8-17-1-18(9-26)3-19(2-17)10-26)15-35-25(34)27-11-20-4-21(12-27)6-22(5-20)13-27/h17-23,32H,1-16H2. The van der Waals surface area contributed by atoms with Crippen LogP contribution in [0.2, 0.25) is 0 Å². The van der Waals surface area contributed by atoms with E-state index in [1.807, 2.05) is 0 Å². The number of carbonyl (C=O) groups is 2. The molecule has 4 nitrogen and oxygen atoms in total. The predicted octanol–water partition coefficient (Wildman–Crippen LogP) is 5.69. The average Bonchev–Trinajstić information content (AvgIpc) is 2.74. The summed E-state index contributed by atoms with van der Waals surface area (Å²) in [6.07, 6.45) is 8.90. The Balaban J connectivity index is 1.10. The summed E-state index contributed by atoms with van der Waals surface area (Å²) in [5, 5.41) is 2.50. The Hall–Kier alpha value is -1.11. The van der Waals surface area contributed by atoms with Gasteiger partial charge in [-0.3, -0.25) is 9.59 Å². The van der Waals surface area contributed by atoms with Gasteiger partial charge in [0, 0.05) is 24.3 Å². The monoisotopic (exact) mass is 495 g/mol. The number of alkyl halides is 3. The molecule has 0 radical (unpaired) electrons. The van der Waals surface area contributed by atoms with Gasteiger partial charge in [-0.1, -0.05) is 0 Å². The maximum absolute atomic E-state index is 13.6. The van der Waals surface area contributed by atoms with Crippen LogP contribution >= 0.6 is 0 Å². The van der Waals surface area contributed by atoms with Crippen LogP contribution in [-0.4, -0.2) is 37.6 Å². The molecule has 0 aromatic heterocycles. The van der Waals surface area contributed by atoms with Gasteiger partial charge >= 0.3 is 12.1 Å². The third-order valence-electron chi connectivity index (χ3n) is 10.8. The van der Waals surface area contributed by atoms with E-state index in [1.54, 1.807) is 0 Å². The number of esters is 1. The van der Waals surface area contributed by atoms with Crippen molar-refractivity contribution in [3.05, 3.63) is 0 Å². The lowest BCUT2D eigenvalue weighted by Gasteiger charge is -2.56. The molecule has 35 heavy (non-hydrogen) atoms. The van der Waals surface area contributed by atoms with Gasteiger partial charge < -0.3 is 10.1 Å². The molecule has 8 bridgehead atoms. The van der Waals surface area contributed by atoms with Gasteiger partial charge in [-0.15, -0.1) is 0 Å². The van der Waals surface area contributed by atoms with E-state index in [-0.39, 0.29) is 42.2 Å². The number of hydrogen-bond acceptors (Lipinski definition) is 4. The highest BCUT2D eigenvalue weighted by Gasteiger charge is 2.56.